The maximum Gasteiger partial charge on any atom is 0.433 e. The average Bonchev–Trinajstić information content (AvgIpc) is 2.70. The summed E-state index contributed by atoms with van der Waals surface area (Å²) in [6.45, 7) is 1.85. The summed E-state index contributed by atoms with van der Waals surface area (Å²) in [5.41, 5.74) is 0.215. The molecule has 2 aromatic rings. The molecule has 0 bridgehead atoms. The van der Waals surface area contributed by atoms with Crippen LogP contribution in [0.2, 0.25) is 0 Å². The van der Waals surface area contributed by atoms with Gasteiger partial charge in [0.25, 0.3) is 5.56 Å². The van der Waals surface area contributed by atoms with Crippen LogP contribution in [-0.4, -0.2) is 35.1 Å². The summed E-state index contributed by atoms with van der Waals surface area (Å²) in [5.74, 6) is -0.543. The van der Waals surface area contributed by atoms with Gasteiger partial charge in [0.1, 0.15) is 0 Å². The van der Waals surface area contributed by atoms with E-state index in [2.05, 4.69) is 4.74 Å². The molecule has 1 aromatic carbocycles. The second kappa shape index (κ2) is 5.20. The van der Waals surface area contributed by atoms with Gasteiger partial charge in [0.2, 0.25) is 0 Å². The first-order valence-corrected chi connectivity index (χ1v) is 5.98. The highest BCUT2D eigenvalue weighted by Gasteiger charge is 2.18. The number of benzene rings is 1. The lowest BCUT2D eigenvalue weighted by molar-refractivity contribution is 0.0600. The van der Waals surface area contributed by atoms with Crippen molar-refractivity contribution in [3.63, 3.8) is 0 Å². The van der Waals surface area contributed by atoms with Crippen molar-refractivity contribution in [3.05, 3.63) is 34.1 Å². The Hall–Kier alpha value is -2.57. The van der Waals surface area contributed by atoms with Crippen LogP contribution < -0.4 is 5.56 Å². The highest BCUT2D eigenvalue weighted by Crippen LogP contribution is 2.15. The number of ether oxygens (including phenoxy) is 2. The van der Waals surface area contributed by atoms with Crippen molar-refractivity contribution in [2.24, 2.45) is 7.05 Å². The molecule has 0 fully saturated rings. The van der Waals surface area contributed by atoms with Crippen molar-refractivity contribution in [1.29, 1.82) is 0 Å². The number of carbonyl (C=O) groups excluding carboxylic acids is 2. The fraction of sp³-hybridized carbons (Fsp3) is 0.308. The number of nitrogens with zero attached hydrogens (tertiary/aromatic N) is 2. The Labute approximate surface area is 114 Å². The molecule has 0 saturated carbocycles. The van der Waals surface area contributed by atoms with Crippen LogP contribution in [0, 0.1) is 0 Å². The first kappa shape index (κ1) is 13.9. The molecule has 0 amide bonds. The minimum atomic E-state index is -0.677. The lowest BCUT2D eigenvalue weighted by Gasteiger charge is -2.07. The summed E-state index contributed by atoms with van der Waals surface area (Å²) in [6.07, 6.45) is -0.677. The zero-order valence-electron chi connectivity index (χ0n) is 11.4. The van der Waals surface area contributed by atoms with Crippen molar-refractivity contribution < 1.29 is 19.1 Å². The zero-order chi connectivity index (χ0) is 14.9. The van der Waals surface area contributed by atoms with Gasteiger partial charge < -0.3 is 9.47 Å². The third-order valence-electron chi connectivity index (χ3n) is 2.91. The third-order valence-corrected chi connectivity index (χ3v) is 2.91. The van der Waals surface area contributed by atoms with Gasteiger partial charge in [-0.25, -0.2) is 14.3 Å². The Bertz CT molecular complexity index is 741. The highest BCUT2D eigenvalue weighted by atomic mass is 16.6. The van der Waals surface area contributed by atoms with Crippen molar-refractivity contribution in [2.45, 2.75) is 6.92 Å². The van der Waals surface area contributed by atoms with E-state index in [-0.39, 0.29) is 17.7 Å². The normalized spacial score (nSPS) is 10.6. The summed E-state index contributed by atoms with van der Waals surface area (Å²) in [7, 11) is 2.72. The van der Waals surface area contributed by atoms with Crippen LogP contribution in [0.15, 0.2) is 23.0 Å². The lowest BCUT2D eigenvalue weighted by Crippen LogP contribution is -2.25. The van der Waals surface area contributed by atoms with Crippen LogP contribution in [0.4, 0.5) is 4.79 Å². The van der Waals surface area contributed by atoms with E-state index in [1.165, 1.54) is 32.4 Å². The molecule has 0 radical (unpaired) electrons. The first-order chi connectivity index (χ1) is 9.51. The minimum Gasteiger partial charge on any atom is -0.465 e. The van der Waals surface area contributed by atoms with Crippen LogP contribution in [-0.2, 0) is 16.5 Å². The number of esters is 1. The molecule has 1 aromatic heterocycles. The summed E-state index contributed by atoms with van der Waals surface area (Å²) < 4.78 is 11.8. The Morgan fingerprint density at radius 3 is 2.60 bits per heavy atom. The summed E-state index contributed by atoms with van der Waals surface area (Å²) in [4.78, 5) is 35.5. The Kier molecular flexibility index (Phi) is 3.60. The molecule has 106 valence electrons. The summed E-state index contributed by atoms with van der Waals surface area (Å²) in [5, 5.41) is 0.327. The quantitative estimate of drug-likeness (QED) is 0.769. The summed E-state index contributed by atoms with van der Waals surface area (Å²) in [6, 6.07) is 4.39. The number of aromatic nitrogens is 2. The molecule has 20 heavy (non-hydrogen) atoms. The molecule has 0 saturated heterocycles. The minimum absolute atomic E-state index is 0.184. The van der Waals surface area contributed by atoms with E-state index >= 15 is 0 Å². The standard InChI is InChI=1S/C13H14N2O5/c1-4-20-13(18)15-10-7-8(12(17)19-3)5-6-9(10)11(16)14(15)2/h5-7H,4H2,1-3H3. The second-order valence-electron chi connectivity index (χ2n) is 4.06. The van der Waals surface area contributed by atoms with E-state index in [1.807, 2.05) is 0 Å². The maximum absolute atomic E-state index is 12.0. The molecule has 0 aliphatic carbocycles. The van der Waals surface area contributed by atoms with Crippen LogP contribution in [0.25, 0.3) is 10.9 Å². The smallest absolute Gasteiger partial charge is 0.433 e. The number of rotatable bonds is 2. The first-order valence-electron chi connectivity index (χ1n) is 5.98. The van der Waals surface area contributed by atoms with Crippen LogP contribution >= 0.6 is 0 Å². The van der Waals surface area contributed by atoms with E-state index in [4.69, 9.17) is 4.74 Å². The largest absolute Gasteiger partial charge is 0.465 e. The predicted octanol–water partition coefficient (Wildman–Crippen LogP) is 1.13. The zero-order valence-corrected chi connectivity index (χ0v) is 11.4. The van der Waals surface area contributed by atoms with Gasteiger partial charge in [-0.1, -0.05) is 0 Å². The Morgan fingerprint density at radius 1 is 1.30 bits per heavy atom. The van der Waals surface area contributed by atoms with Gasteiger partial charge in [-0.15, -0.1) is 0 Å². The van der Waals surface area contributed by atoms with E-state index in [1.54, 1.807) is 6.92 Å². The van der Waals surface area contributed by atoms with Gasteiger partial charge in [-0.05, 0) is 25.1 Å². The van der Waals surface area contributed by atoms with Crippen molar-refractivity contribution in [1.82, 2.24) is 9.36 Å². The van der Waals surface area contributed by atoms with E-state index in [0.29, 0.717) is 10.9 Å². The molecule has 2 rings (SSSR count). The fourth-order valence-corrected chi connectivity index (χ4v) is 1.96. The van der Waals surface area contributed by atoms with Crippen molar-refractivity contribution >= 4 is 23.0 Å². The van der Waals surface area contributed by atoms with Gasteiger partial charge in [0.05, 0.1) is 30.2 Å². The molecule has 7 heteroatoms. The van der Waals surface area contributed by atoms with E-state index < -0.39 is 12.1 Å². The van der Waals surface area contributed by atoms with Gasteiger partial charge in [-0.2, -0.15) is 4.68 Å². The molecule has 0 spiro atoms. The summed E-state index contributed by atoms with van der Waals surface area (Å²) >= 11 is 0. The van der Waals surface area contributed by atoms with Crippen LogP contribution in [0.5, 0.6) is 0 Å². The monoisotopic (exact) mass is 278 g/mol. The second-order valence-corrected chi connectivity index (χ2v) is 4.06. The molecular weight excluding hydrogens is 264 g/mol. The maximum atomic E-state index is 12.0. The Balaban J connectivity index is 2.72. The van der Waals surface area contributed by atoms with Crippen molar-refractivity contribution in [3.8, 4) is 0 Å². The van der Waals surface area contributed by atoms with Crippen molar-refractivity contribution in [2.75, 3.05) is 13.7 Å². The van der Waals surface area contributed by atoms with E-state index in [0.717, 1.165) is 9.36 Å². The third kappa shape index (κ3) is 2.07. The molecule has 0 atom stereocenters. The molecule has 1 heterocycles. The number of methoxy groups -OCH3 is 1. The topological polar surface area (TPSA) is 79.5 Å². The number of carbonyl (C=O) groups is 2. The Morgan fingerprint density at radius 2 is 2.00 bits per heavy atom. The molecule has 0 unspecified atom stereocenters. The molecule has 0 aliphatic rings. The fourth-order valence-electron chi connectivity index (χ4n) is 1.96. The number of hydrogen-bond acceptors (Lipinski definition) is 5. The van der Waals surface area contributed by atoms with Gasteiger partial charge in [0.15, 0.2) is 0 Å². The lowest BCUT2D eigenvalue weighted by atomic mass is 10.1. The van der Waals surface area contributed by atoms with Crippen LogP contribution in [0.3, 0.4) is 0 Å². The van der Waals surface area contributed by atoms with Gasteiger partial charge in [0, 0.05) is 7.05 Å². The van der Waals surface area contributed by atoms with Crippen LogP contribution in [0.1, 0.15) is 17.3 Å². The average molecular weight is 278 g/mol. The highest BCUT2D eigenvalue weighted by molar-refractivity contribution is 5.96. The van der Waals surface area contributed by atoms with Gasteiger partial charge >= 0.3 is 12.1 Å². The number of fused-ring (bicyclic) bond motifs is 1. The SMILES string of the molecule is CCOC(=O)n1c2cc(C(=O)OC)ccc2c(=O)n1C. The predicted molar refractivity (Wildman–Crippen MR) is 70.9 cm³/mol. The number of hydrogen-bond donors (Lipinski definition) is 0. The molecule has 0 N–H and O–H groups in total. The van der Waals surface area contributed by atoms with E-state index in [9.17, 15) is 14.4 Å². The molecular formula is C13H14N2O5. The molecule has 7 nitrogen and oxygen atoms in total. The van der Waals surface area contributed by atoms with Gasteiger partial charge in [-0.3, -0.25) is 4.79 Å². The molecule has 0 aliphatic heterocycles.